The van der Waals surface area contributed by atoms with Crippen LogP contribution in [-0.4, -0.2) is 39.5 Å². The molecule has 1 aromatic carbocycles. The number of hydrogen-bond donors (Lipinski definition) is 1. The lowest BCUT2D eigenvalue weighted by Gasteiger charge is -2.28. The summed E-state index contributed by atoms with van der Waals surface area (Å²) in [5.41, 5.74) is -0.395. The van der Waals surface area contributed by atoms with Gasteiger partial charge in [0.05, 0.1) is 16.9 Å². The van der Waals surface area contributed by atoms with Gasteiger partial charge in [-0.2, -0.15) is 0 Å². The van der Waals surface area contributed by atoms with E-state index in [0.29, 0.717) is 12.1 Å². The van der Waals surface area contributed by atoms with Crippen LogP contribution >= 0.6 is 0 Å². The second-order valence-electron chi connectivity index (χ2n) is 5.32. The highest BCUT2D eigenvalue weighted by molar-refractivity contribution is 5.79. The molecular weight excluding hydrogens is 260 g/mol. The van der Waals surface area contributed by atoms with E-state index < -0.39 is 10.5 Å². The average molecular weight is 280 g/mol. The van der Waals surface area contributed by atoms with Gasteiger partial charge >= 0.3 is 0 Å². The summed E-state index contributed by atoms with van der Waals surface area (Å²) in [6, 6.07) is 6.04. The predicted molar refractivity (Wildman–Crippen MR) is 75.4 cm³/mol. The Morgan fingerprint density at radius 1 is 1.45 bits per heavy atom. The first-order valence-electron chi connectivity index (χ1n) is 6.46. The van der Waals surface area contributed by atoms with Crippen molar-refractivity contribution in [3.8, 4) is 0 Å². The largest absolute Gasteiger partial charge is 0.389 e. The minimum atomic E-state index is -0.964. The van der Waals surface area contributed by atoms with Crippen LogP contribution in [0.4, 0.5) is 5.69 Å². The van der Waals surface area contributed by atoms with E-state index in [-0.39, 0.29) is 24.6 Å². The Labute approximate surface area is 118 Å². The molecule has 0 aliphatic heterocycles. The van der Waals surface area contributed by atoms with Crippen LogP contribution in [0.15, 0.2) is 24.3 Å². The molecule has 6 heteroatoms. The molecule has 20 heavy (non-hydrogen) atoms. The van der Waals surface area contributed by atoms with Crippen molar-refractivity contribution < 1.29 is 14.8 Å². The third-order valence-corrected chi connectivity index (χ3v) is 2.79. The van der Waals surface area contributed by atoms with Crippen molar-refractivity contribution in [2.24, 2.45) is 0 Å². The maximum absolute atomic E-state index is 12.1. The number of nitrogens with zero attached hydrogens (tertiary/aromatic N) is 2. The van der Waals surface area contributed by atoms with E-state index in [0.717, 1.165) is 0 Å². The van der Waals surface area contributed by atoms with Crippen LogP contribution in [0.25, 0.3) is 0 Å². The molecule has 0 atom stereocenters. The Hall–Kier alpha value is -1.95. The minimum Gasteiger partial charge on any atom is -0.389 e. The van der Waals surface area contributed by atoms with Crippen molar-refractivity contribution in [2.45, 2.75) is 32.8 Å². The van der Waals surface area contributed by atoms with Gasteiger partial charge in [0.1, 0.15) is 0 Å². The van der Waals surface area contributed by atoms with E-state index in [1.54, 1.807) is 30.9 Å². The maximum Gasteiger partial charge on any atom is 0.269 e. The number of non-ortho nitro benzene ring substituents is 1. The van der Waals surface area contributed by atoms with Crippen LogP contribution in [0.5, 0.6) is 0 Å². The molecule has 110 valence electrons. The van der Waals surface area contributed by atoms with Crippen molar-refractivity contribution in [1.29, 1.82) is 0 Å². The summed E-state index contributed by atoms with van der Waals surface area (Å²) < 4.78 is 0. The van der Waals surface area contributed by atoms with Crippen molar-refractivity contribution >= 4 is 11.6 Å². The molecule has 0 aromatic heterocycles. The Kier molecular flexibility index (Phi) is 5.21. The summed E-state index contributed by atoms with van der Waals surface area (Å²) in [6.07, 6.45) is 0.0889. The van der Waals surface area contributed by atoms with Gasteiger partial charge in [-0.05, 0) is 26.3 Å². The Morgan fingerprint density at radius 2 is 2.10 bits per heavy atom. The summed E-state index contributed by atoms with van der Waals surface area (Å²) in [5.74, 6) is -0.157. The number of rotatable bonds is 6. The average Bonchev–Trinajstić information content (AvgIpc) is 2.35. The number of benzene rings is 1. The van der Waals surface area contributed by atoms with E-state index in [9.17, 15) is 20.0 Å². The molecule has 1 aromatic rings. The van der Waals surface area contributed by atoms with Gasteiger partial charge in [0, 0.05) is 25.2 Å². The highest BCUT2D eigenvalue weighted by atomic mass is 16.6. The lowest BCUT2D eigenvalue weighted by atomic mass is 10.1. The fourth-order valence-electron chi connectivity index (χ4n) is 1.91. The van der Waals surface area contributed by atoms with Crippen LogP contribution in [0, 0.1) is 10.1 Å². The first-order chi connectivity index (χ1) is 9.23. The van der Waals surface area contributed by atoms with Gasteiger partial charge in [-0.1, -0.05) is 12.1 Å². The molecule has 0 fully saturated rings. The topological polar surface area (TPSA) is 83.7 Å². The molecule has 0 saturated heterocycles. The lowest BCUT2D eigenvalue weighted by Crippen LogP contribution is -2.42. The van der Waals surface area contributed by atoms with E-state index in [2.05, 4.69) is 0 Å². The SMILES string of the molecule is CCN(CC(C)(C)O)C(=O)Cc1cccc([N+](=O)[O-])c1. The molecule has 0 heterocycles. The third kappa shape index (κ3) is 4.97. The number of nitro benzene ring substituents is 1. The van der Waals surface area contributed by atoms with Gasteiger partial charge in [-0.25, -0.2) is 0 Å². The standard InChI is InChI=1S/C14H20N2O4/c1-4-15(10-14(2,3)18)13(17)9-11-6-5-7-12(8-11)16(19)20/h5-8,18H,4,9-10H2,1-3H3. The molecule has 1 amide bonds. The molecular formula is C14H20N2O4. The zero-order valence-electron chi connectivity index (χ0n) is 12.0. The number of amides is 1. The second kappa shape index (κ2) is 6.47. The van der Waals surface area contributed by atoms with Crippen LogP contribution in [0.2, 0.25) is 0 Å². The summed E-state index contributed by atoms with van der Waals surface area (Å²) in [4.78, 5) is 23.9. The van der Waals surface area contributed by atoms with Gasteiger partial charge in [0.25, 0.3) is 5.69 Å². The predicted octanol–water partition coefficient (Wildman–Crippen LogP) is 1.76. The Balaban J connectivity index is 2.78. The number of nitro groups is 1. The summed E-state index contributed by atoms with van der Waals surface area (Å²) in [6.45, 7) is 5.82. The van der Waals surface area contributed by atoms with Gasteiger partial charge in [0.15, 0.2) is 0 Å². The Bertz CT molecular complexity index is 494. The number of carbonyl (C=O) groups is 1. The molecule has 1 N–H and O–H groups in total. The molecule has 0 aliphatic rings. The van der Waals surface area contributed by atoms with Crippen LogP contribution < -0.4 is 0 Å². The van der Waals surface area contributed by atoms with Crippen molar-refractivity contribution in [2.75, 3.05) is 13.1 Å². The molecule has 0 spiro atoms. The molecule has 0 bridgehead atoms. The smallest absolute Gasteiger partial charge is 0.269 e. The zero-order chi connectivity index (χ0) is 15.3. The summed E-state index contributed by atoms with van der Waals surface area (Å²) in [5, 5.41) is 20.5. The Morgan fingerprint density at radius 3 is 2.60 bits per heavy atom. The molecule has 0 unspecified atom stereocenters. The first kappa shape index (κ1) is 16.1. The quantitative estimate of drug-likeness (QED) is 0.635. The maximum atomic E-state index is 12.1. The molecule has 0 saturated carbocycles. The number of carbonyl (C=O) groups excluding carboxylic acids is 1. The lowest BCUT2D eigenvalue weighted by molar-refractivity contribution is -0.384. The van der Waals surface area contributed by atoms with Crippen LogP contribution in [0.3, 0.4) is 0 Å². The van der Waals surface area contributed by atoms with Crippen molar-refractivity contribution in [3.05, 3.63) is 39.9 Å². The summed E-state index contributed by atoms with van der Waals surface area (Å²) >= 11 is 0. The number of likely N-dealkylation sites (N-methyl/N-ethyl adjacent to an activating group) is 1. The monoisotopic (exact) mass is 280 g/mol. The van der Waals surface area contributed by atoms with E-state index in [1.165, 1.54) is 12.1 Å². The molecule has 6 nitrogen and oxygen atoms in total. The molecule has 1 rings (SSSR count). The molecule has 0 aliphatic carbocycles. The van der Waals surface area contributed by atoms with E-state index in [4.69, 9.17) is 0 Å². The van der Waals surface area contributed by atoms with E-state index >= 15 is 0 Å². The minimum absolute atomic E-state index is 0.0270. The van der Waals surface area contributed by atoms with Crippen LogP contribution in [0.1, 0.15) is 26.3 Å². The third-order valence-electron chi connectivity index (χ3n) is 2.79. The number of aliphatic hydroxyl groups is 1. The van der Waals surface area contributed by atoms with Crippen molar-refractivity contribution in [3.63, 3.8) is 0 Å². The second-order valence-corrected chi connectivity index (χ2v) is 5.32. The van der Waals surface area contributed by atoms with Gasteiger partial charge in [-0.3, -0.25) is 14.9 Å². The highest BCUT2D eigenvalue weighted by Crippen LogP contribution is 2.15. The fraction of sp³-hybridized carbons (Fsp3) is 0.500. The fourth-order valence-corrected chi connectivity index (χ4v) is 1.91. The highest BCUT2D eigenvalue weighted by Gasteiger charge is 2.21. The van der Waals surface area contributed by atoms with E-state index in [1.807, 2.05) is 6.92 Å². The van der Waals surface area contributed by atoms with Gasteiger partial charge < -0.3 is 10.0 Å². The van der Waals surface area contributed by atoms with Crippen molar-refractivity contribution in [1.82, 2.24) is 4.90 Å². The normalized spacial score (nSPS) is 11.2. The van der Waals surface area contributed by atoms with Crippen LogP contribution in [-0.2, 0) is 11.2 Å². The zero-order valence-corrected chi connectivity index (χ0v) is 12.0. The first-order valence-corrected chi connectivity index (χ1v) is 6.46. The van der Waals surface area contributed by atoms with Gasteiger partial charge in [-0.15, -0.1) is 0 Å². The number of hydrogen-bond acceptors (Lipinski definition) is 4. The van der Waals surface area contributed by atoms with Gasteiger partial charge in [0.2, 0.25) is 5.91 Å². The molecule has 0 radical (unpaired) electrons. The summed E-state index contributed by atoms with van der Waals surface area (Å²) in [7, 11) is 0.